The summed E-state index contributed by atoms with van der Waals surface area (Å²) < 4.78 is 5.68. The number of hydrogen-bond donors (Lipinski definition) is 2. The molecule has 15 heavy (non-hydrogen) atoms. The molecule has 1 fully saturated rings. The zero-order valence-electron chi connectivity index (χ0n) is 9.21. The molecule has 0 radical (unpaired) electrons. The SMILES string of the molecule is O=C(O)CCNCCOC1CCCCC1. The van der Waals surface area contributed by atoms with Crippen LogP contribution in [-0.2, 0) is 9.53 Å². The van der Waals surface area contributed by atoms with Crippen LogP contribution in [-0.4, -0.2) is 36.9 Å². The Bertz CT molecular complexity index is 179. The summed E-state index contributed by atoms with van der Waals surface area (Å²) in [6.07, 6.45) is 6.93. The summed E-state index contributed by atoms with van der Waals surface area (Å²) in [5, 5.41) is 11.5. The molecular weight excluding hydrogens is 194 g/mol. The van der Waals surface area contributed by atoms with E-state index in [0.717, 1.165) is 6.54 Å². The fourth-order valence-electron chi connectivity index (χ4n) is 1.85. The van der Waals surface area contributed by atoms with Gasteiger partial charge in [-0.05, 0) is 12.8 Å². The first-order valence-electron chi connectivity index (χ1n) is 5.83. The summed E-state index contributed by atoms with van der Waals surface area (Å²) in [6, 6.07) is 0. The van der Waals surface area contributed by atoms with E-state index in [0.29, 0.717) is 19.3 Å². The lowest BCUT2D eigenvalue weighted by molar-refractivity contribution is -0.136. The fourth-order valence-corrected chi connectivity index (χ4v) is 1.85. The lowest BCUT2D eigenvalue weighted by Gasteiger charge is -2.21. The lowest BCUT2D eigenvalue weighted by atomic mass is 9.98. The van der Waals surface area contributed by atoms with E-state index in [4.69, 9.17) is 9.84 Å². The molecule has 88 valence electrons. The Morgan fingerprint density at radius 1 is 1.27 bits per heavy atom. The number of hydrogen-bond acceptors (Lipinski definition) is 3. The van der Waals surface area contributed by atoms with Crippen molar-refractivity contribution in [3.63, 3.8) is 0 Å². The predicted molar refractivity (Wildman–Crippen MR) is 57.9 cm³/mol. The van der Waals surface area contributed by atoms with E-state index in [-0.39, 0.29) is 6.42 Å². The average Bonchev–Trinajstić information content (AvgIpc) is 2.24. The second-order valence-electron chi connectivity index (χ2n) is 4.02. The van der Waals surface area contributed by atoms with E-state index in [1.807, 2.05) is 0 Å². The van der Waals surface area contributed by atoms with Crippen LogP contribution in [0, 0.1) is 0 Å². The zero-order valence-corrected chi connectivity index (χ0v) is 9.21. The molecule has 0 aliphatic heterocycles. The van der Waals surface area contributed by atoms with Crippen molar-refractivity contribution in [1.29, 1.82) is 0 Å². The standard InChI is InChI=1S/C11H21NO3/c13-11(14)6-7-12-8-9-15-10-4-2-1-3-5-10/h10,12H,1-9H2,(H,13,14). The number of nitrogens with one attached hydrogen (secondary N) is 1. The van der Waals surface area contributed by atoms with E-state index in [1.165, 1.54) is 32.1 Å². The molecule has 4 heteroatoms. The van der Waals surface area contributed by atoms with Crippen LogP contribution in [0.3, 0.4) is 0 Å². The highest BCUT2D eigenvalue weighted by Crippen LogP contribution is 2.19. The van der Waals surface area contributed by atoms with Crippen molar-refractivity contribution in [2.75, 3.05) is 19.7 Å². The van der Waals surface area contributed by atoms with Gasteiger partial charge in [0.15, 0.2) is 0 Å². The number of rotatable bonds is 7. The second-order valence-corrected chi connectivity index (χ2v) is 4.02. The van der Waals surface area contributed by atoms with Gasteiger partial charge in [-0.2, -0.15) is 0 Å². The minimum absolute atomic E-state index is 0.184. The van der Waals surface area contributed by atoms with Gasteiger partial charge >= 0.3 is 5.97 Å². The molecule has 0 amide bonds. The van der Waals surface area contributed by atoms with Crippen LogP contribution in [0.15, 0.2) is 0 Å². The molecule has 0 aromatic rings. The third kappa shape index (κ3) is 6.47. The summed E-state index contributed by atoms with van der Waals surface area (Å²) in [5.74, 6) is -0.754. The third-order valence-corrected chi connectivity index (χ3v) is 2.70. The van der Waals surface area contributed by atoms with Gasteiger partial charge in [-0.25, -0.2) is 0 Å². The number of carboxylic acid groups (broad SMARTS) is 1. The Morgan fingerprint density at radius 3 is 2.67 bits per heavy atom. The van der Waals surface area contributed by atoms with E-state index < -0.39 is 5.97 Å². The molecule has 0 aromatic carbocycles. The Labute approximate surface area is 91.0 Å². The Hall–Kier alpha value is -0.610. The van der Waals surface area contributed by atoms with Gasteiger partial charge in [0.2, 0.25) is 0 Å². The maximum atomic E-state index is 10.2. The number of aliphatic carboxylic acids is 1. The summed E-state index contributed by atoms with van der Waals surface area (Å²) in [5.41, 5.74) is 0. The second kappa shape index (κ2) is 7.65. The smallest absolute Gasteiger partial charge is 0.304 e. The van der Waals surface area contributed by atoms with Gasteiger partial charge in [0, 0.05) is 13.1 Å². The molecule has 1 aliphatic rings. The highest BCUT2D eigenvalue weighted by Gasteiger charge is 2.12. The van der Waals surface area contributed by atoms with Gasteiger partial charge in [-0.1, -0.05) is 19.3 Å². The monoisotopic (exact) mass is 215 g/mol. The minimum Gasteiger partial charge on any atom is -0.481 e. The van der Waals surface area contributed by atoms with Gasteiger partial charge in [-0.15, -0.1) is 0 Å². The van der Waals surface area contributed by atoms with E-state index in [9.17, 15) is 4.79 Å². The topological polar surface area (TPSA) is 58.6 Å². The normalized spacial score (nSPS) is 17.9. The molecule has 1 saturated carbocycles. The number of ether oxygens (including phenoxy) is 1. The van der Waals surface area contributed by atoms with Crippen LogP contribution in [0.2, 0.25) is 0 Å². The van der Waals surface area contributed by atoms with Gasteiger partial charge in [0.05, 0.1) is 19.1 Å². The molecule has 0 unspecified atom stereocenters. The maximum absolute atomic E-state index is 10.2. The van der Waals surface area contributed by atoms with Crippen molar-refractivity contribution < 1.29 is 14.6 Å². The molecule has 0 spiro atoms. The van der Waals surface area contributed by atoms with Gasteiger partial charge in [0.25, 0.3) is 0 Å². The van der Waals surface area contributed by atoms with Gasteiger partial charge in [-0.3, -0.25) is 4.79 Å². The first-order valence-corrected chi connectivity index (χ1v) is 5.83. The van der Waals surface area contributed by atoms with Crippen molar-refractivity contribution in [2.24, 2.45) is 0 Å². The summed E-state index contributed by atoms with van der Waals surface area (Å²) in [4.78, 5) is 10.2. The predicted octanol–water partition coefficient (Wildman–Crippen LogP) is 1.40. The number of carboxylic acids is 1. The van der Waals surface area contributed by atoms with E-state index in [1.54, 1.807) is 0 Å². The summed E-state index contributed by atoms with van der Waals surface area (Å²) in [7, 11) is 0. The molecule has 0 bridgehead atoms. The minimum atomic E-state index is -0.754. The van der Waals surface area contributed by atoms with Crippen molar-refractivity contribution in [3.05, 3.63) is 0 Å². The quantitative estimate of drug-likeness (QED) is 0.630. The van der Waals surface area contributed by atoms with Crippen LogP contribution in [0.5, 0.6) is 0 Å². The van der Waals surface area contributed by atoms with Crippen molar-refractivity contribution >= 4 is 5.97 Å². The molecule has 1 aliphatic carbocycles. The van der Waals surface area contributed by atoms with Gasteiger partial charge in [0.1, 0.15) is 0 Å². The highest BCUT2D eigenvalue weighted by atomic mass is 16.5. The fraction of sp³-hybridized carbons (Fsp3) is 0.909. The zero-order chi connectivity index (χ0) is 10.9. The largest absolute Gasteiger partial charge is 0.481 e. The molecule has 0 atom stereocenters. The average molecular weight is 215 g/mol. The molecule has 4 nitrogen and oxygen atoms in total. The van der Waals surface area contributed by atoms with Crippen molar-refractivity contribution in [1.82, 2.24) is 5.32 Å². The van der Waals surface area contributed by atoms with Crippen LogP contribution >= 0.6 is 0 Å². The van der Waals surface area contributed by atoms with E-state index in [2.05, 4.69) is 5.32 Å². The van der Waals surface area contributed by atoms with Gasteiger partial charge < -0.3 is 15.2 Å². The van der Waals surface area contributed by atoms with Crippen LogP contribution in [0.4, 0.5) is 0 Å². The first kappa shape index (κ1) is 12.5. The third-order valence-electron chi connectivity index (χ3n) is 2.70. The Morgan fingerprint density at radius 2 is 2.00 bits per heavy atom. The van der Waals surface area contributed by atoms with Crippen LogP contribution < -0.4 is 5.32 Å². The Kier molecular flexibility index (Phi) is 6.36. The number of carbonyl (C=O) groups is 1. The molecule has 0 heterocycles. The van der Waals surface area contributed by atoms with E-state index >= 15 is 0 Å². The molecule has 1 rings (SSSR count). The van der Waals surface area contributed by atoms with Crippen LogP contribution in [0.25, 0.3) is 0 Å². The molecule has 0 aromatic heterocycles. The van der Waals surface area contributed by atoms with Crippen molar-refractivity contribution in [2.45, 2.75) is 44.6 Å². The lowest BCUT2D eigenvalue weighted by Crippen LogP contribution is -2.26. The molecular formula is C11H21NO3. The summed E-state index contributed by atoms with van der Waals surface area (Å²) in [6.45, 7) is 1.98. The molecule has 2 N–H and O–H groups in total. The maximum Gasteiger partial charge on any atom is 0.304 e. The Balaban J connectivity index is 1.85. The first-order chi connectivity index (χ1) is 7.29. The summed E-state index contributed by atoms with van der Waals surface area (Å²) >= 11 is 0. The highest BCUT2D eigenvalue weighted by molar-refractivity contribution is 5.66. The molecule has 0 saturated heterocycles. The van der Waals surface area contributed by atoms with Crippen LogP contribution in [0.1, 0.15) is 38.5 Å². The van der Waals surface area contributed by atoms with Crippen molar-refractivity contribution in [3.8, 4) is 0 Å².